The Bertz CT molecular complexity index is 732. The molecule has 0 radical (unpaired) electrons. The van der Waals surface area contributed by atoms with Crippen LogP contribution < -0.4 is 10.6 Å². The van der Waals surface area contributed by atoms with Gasteiger partial charge in [-0.15, -0.1) is 10.2 Å². The fourth-order valence-electron chi connectivity index (χ4n) is 1.79. The van der Waals surface area contributed by atoms with Crippen LogP contribution in [0.15, 0.2) is 24.3 Å². The minimum absolute atomic E-state index is 0.300. The van der Waals surface area contributed by atoms with E-state index in [9.17, 15) is 4.79 Å². The molecule has 2 aromatic heterocycles. The zero-order valence-corrected chi connectivity index (χ0v) is 12.2. The summed E-state index contributed by atoms with van der Waals surface area (Å²) >= 11 is 1.22. The summed E-state index contributed by atoms with van der Waals surface area (Å²) in [7, 11) is 0. The van der Waals surface area contributed by atoms with Crippen LogP contribution in [0.5, 0.6) is 0 Å². The number of anilines is 2. The Labute approximate surface area is 124 Å². The molecule has 0 saturated carbocycles. The molecule has 3 N–H and O–H groups in total. The number of nitrogens with zero attached hydrogens (tertiary/aromatic N) is 3. The first-order chi connectivity index (χ1) is 10.3. The van der Waals surface area contributed by atoms with E-state index in [0.29, 0.717) is 16.1 Å². The number of amides is 1. The van der Waals surface area contributed by atoms with Gasteiger partial charge in [0, 0.05) is 6.54 Å². The lowest BCUT2D eigenvalue weighted by molar-refractivity contribution is 0.102. The van der Waals surface area contributed by atoms with Crippen molar-refractivity contribution >= 4 is 39.4 Å². The van der Waals surface area contributed by atoms with Gasteiger partial charge in [0.1, 0.15) is 0 Å². The molecule has 0 aliphatic rings. The average Bonchev–Trinajstić information content (AvgIpc) is 3.11. The van der Waals surface area contributed by atoms with Gasteiger partial charge in [-0.05, 0) is 18.6 Å². The molecule has 7 nitrogen and oxygen atoms in total. The topological polar surface area (TPSA) is 95.6 Å². The normalized spacial score (nSPS) is 10.7. The predicted molar refractivity (Wildman–Crippen MR) is 82.7 cm³/mol. The molecule has 2 heterocycles. The van der Waals surface area contributed by atoms with Gasteiger partial charge < -0.3 is 10.3 Å². The van der Waals surface area contributed by atoms with Gasteiger partial charge in [0.05, 0.1) is 11.0 Å². The van der Waals surface area contributed by atoms with Crippen LogP contribution in [0.3, 0.4) is 0 Å². The summed E-state index contributed by atoms with van der Waals surface area (Å²) in [4.78, 5) is 19.4. The van der Waals surface area contributed by atoms with Crippen LogP contribution in [0.2, 0.25) is 0 Å². The van der Waals surface area contributed by atoms with Crippen LogP contribution in [-0.2, 0) is 0 Å². The summed E-state index contributed by atoms with van der Waals surface area (Å²) in [6.07, 6.45) is 0.986. The maximum absolute atomic E-state index is 12.1. The van der Waals surface area contributed by atoms with Crippen molar-refractivity contribution in [3.63, 3.8) is 0 Å². The van der Waals surface area contributed by atoms with Crippen molar-refractivity contribution in [1.82, 2.24) is 20.2 Å². The zero-order chi connectivity index (χ0) is 14.7. The first kappa shape index (κ1) is 13.5. The van der Waals surface area contributed by atoms with Gasteiger partial charge in [-0.2, -0.15) is 0 Å². The smallest absolute Gasteiger partial charge is 0.289 e. The molecule has 0 saturated heterocycles. The van der Waals surface area contributed by atoms with Gasteiger partial charge in [-0.3, -0.25) is 10.1 Å². The molecule has 1 aromatic carbocycles. The number of fused-ring (bicyclic) bond motifs is 1. The Morgan fingerprint density at radius 2 is 2.19 bits per heavy atom. The van der Waals surface area contributed by atoms with E-state index < -0.39 is 0 Å². The molecule has 21 heavy (non-hydrogen) atoms. The number of H-pyrrole nitrogens is 1. The van der Waals surface area contributed by atoms with Gasteiger partial charge >= 0.3 is 0 Å². The molecule has 3 rings (SSSR count). The van der Waals surface area contributed by atoms with Crippen molar-refractivity contribution < 1.29 is 4.79 Å². The van der Waals surface area contributed by atoms with Gasteiger partial charge in [-0.25, -0.2) is 4.98 Å². The molecular formula is C13H14N6OS. The van der Waals surface area contributed by atoms with E-state index in [2.05, 4.69) is 37.7 Å². The number of nitrogens with one attached hydrogen (secondary N) is 3. The third-order valence-corrected chi connectivity index (χ3v) is 3.65. The lowest BCUT2D eigenvalue weighted by Crippen LogP contribution is -2.12. The monoisotopic (exact) mass is 302 g/mol. The number of imidazole rings is 1. The fraction of sp³-hybridized carbons (Fsp3) is 0.231. The number of aromatic nitrogens is 4. The second-order valence-electron chi connectivity index (χ2n) is 4.40. The predicted octanol–water partition coefficient (Wildman–Crippen LogP) is 2.49. The number of hydrogen-bond acceptors (Lipinski definition) is 6. The molecular weight excluding hydrogens is 288 g/mol. The van der Waals surface area contributed by atoms with Gasteiger partial charge in [0.2, 0.25) is 16.1 Å². The van der Waals surface area contributed by atoms with Crippen LogP contribution in [0.25, 0.3) is 11.0 Å². The molecule has 0 spiro atoms. The maximum atomic E-state index is 12.1. The average molecular weight is 302 g/mol. The van der Waals surface area contributed by atoms with Crippen molar-refractivity contribution in [3.05, 3.63) is 29.3 Å². The molecule has 3 aromatic rings. The number of carbonyl (C=O) groups is 1. The number of benzene rings is 1. The van der Waals surface area contributed by atoms with Gasteiger partial charge in [0.25, 0.3) is 5.91 Å². The molecule has 8 heteroatoms. The Morgan fingerprint density at radius 3 is 3.00 bits per heavy atom. The van der Waals surface area contributed by atoms with Crippen LogP contribution in [0, 0.1) is 0 Å². The van der Waals surface area contributed by atoms with E-state index in [-0.39, 0.29) is 5.91 Å². The second-order valence-corrected chi connectivity index (χ2v) is 5.37. The number of carbonyl (C=O) groups excluding carboxylic acids is 1. The second kappa shape index (κ2) is 5.88. The first-order valence-corrected chi connectivity index (χ1v) is 7.41. The quantitative estimate of drug-likeness (QED) is 0.673. The summed E-state index contributed by atoms with van der Waals surface area (Å²) in [6.45, 7) is 2.86. The lowest BCUT2D eigenvalue weighted by atomic mass is 10.3. The molecule has 1 amide bonds. The van der Waals surface area contributed by atoms with Crippen LogP contribution in [-0.4, -0.2) is 32.6 Å². The van der Waals surface area contributed by atoms with E-state index in [4.69, 9.17) is 0 Å². The standard InChI is InChI=1S/C13H14N6OS/c1-2-7-14-13-19-18-11(21-13)10(20)17-12-15-8-5-3-4-6-9(8)16-12/h3-6H,2,7H2,1H3,(H,14,19)(H2,15,16,17,20). The van der Waals surface area contributed by atoms with Crippen molar-refractivity contribution in [1.29, 1.82) is 0 Å². The van der Waals surface area contributed by atoms with Crippen LogP contribution in [0.4, 0.5) is 11.1 Å². The summed E-state index contributed by atoms with van der Waals surface area (Å²) in [5, 5.41) is 14.5. The minimum atomic E-state index is -0.323. The molecule has 0 unspecified atom stereocenters. The van der Waals surface area contributed by atoms with Crippen molar-refractivity contribution in [2.45, 2.75) is 13.3 Å². The summed E-state index contributed by atoms with van der Waals surface area (Å²) in [5.41, 5.74) is 1.67. The highest BCUT2D eigenvalue weighted by Crippen LogP contribution is 2.17. The van der Waals surface area contributed by atoms with E-state index in [0.717, 1.165) is 24.0 Å². The molecule has 0 fully saturated rings. The Balaban J connectivity index is 1.71. The van der Waals surface area contributed by atoms with Gasteiger partial charge in [-0.1, -0.05) is 30.4 Å². The molecule has 0 aliphatic heterocycles. The number of rotatable bonds is 5. The highest BCUT2D eigenvalue weighted by atomic mass is 32.1. The maximum Gasteiger partial charge on any atom is 0.289 e. The first-order valence-electron chi connectivity index (χ1n) is 6.59. The van der Waals surface area contributed by atoms with Crippen LogP contribution in [0.1, 0.15) is 23.1 Å². The van der Waals surface area contributed by atoms with Crippen molar-refractivity contribution in [3.8, 4) is 0 Å². The summed E-state index contributed by atoms with van der Waals surface area (Å²) in [6, 6.07) is 7.57. The third kappa shape index (κ3) is 3.00. The SMILES string of the molecule is CCCNc1nnc(C(=O)Nc2nc3ccccc3[nH]2)s1. The molecule has 0 aliphatic carbocycles. The number of hydrogen-bond donors (Lipinski definition) is 3. The van der Waals surface area contributed by atoms with E-state index in [1.807, 2.05) is 24.3 Å². The number of para-hydroxylation sites is 2. The number of aromatic amines is 1. The summed E-state index contributed by atoms with van der Waals surface area (Å²) in [5.74, 6) is 0.0792. The Kier molecular flexibility index (Phi) is 3.78. The van der Waals surface area contributed by atoms with E-state index in [1.165, 1.54) is 11.3 Å². The molecule has 0 bridgehead atoms. The third-order valence-electron chi connectivity index (χ3n) is 2.77. The van der Waals surface area contributed by atoms with E-state index in [1.54, 1.807) is 0 Å². The Morgan fingerprint density at radius 1 is 1.33 bits per heavy atom. The van der Waals surface area contributed by atoms with Crippen molar-refractivity contribution in [2.75, 3.05) is 17.2 Å². The minimum Gasteiger partial charge on any atom is -0.360 e. The van der Waals surface area contributed by atoms with Gasteiger partial charge in [0.15, 0.2) is 0 Å². The zero-order valence-electron chi connectivity index (χ0n) is 11.4. The molecule has 108 valence electrons. The largest absolute Gasteiger partial charge is 0.360 e. The van der Waals surface area contributed by atoms with E-state index >= 15 is 0 Å². The highest BCUT2D eigenvalue weighted by molar-refractivity contribution is 7.17. The van der Waals surface area contributed by atoms with Crippen LogP contribution >= 0.6 is 11.3 Å². The lowest BCUT2D eigenvalue weighted by Gasteiger charge is -1.97. The summed E-state index contributed by atoms with van der Waals surface area (Å²) < 4.78 is 0. The molecule has 0 atom stereocenters. The Hall–Kier alpha value is -2.48. The fourth-order valence-corrected chi connectivity index (χ4v) is 2.46. The van der Waals surface area contributed by atoms with Crippen molar-refractivity contribution in [2.24, 2.45) is 0 Å². The highest BCUT2D eigenvalue weighted by Gasteiger charge is 2.14.